The number of pyridine rings is 1. The monoisotopic (exact) mass is 182 g/mol. The van der Waals surface area contributed by atoms with Gasteiger partial charge in [-0.3, -0.25) is 4.98 Å². The third-order valence-electron chi connectivity index (χ3n) is 1.70. The van der Waals surface area contributed by atoms with Crippen molar-refractivity contribution in [2.75, 3.05) is 13.2 Å². The Balaban J connectivity index is 2.90. The topological polar surface area (TPSA) is 68.4 Å². The molecule has 4 heteroatoms. The summed E-state index contributed by atoms with van der Waals surface area (Å²) in [7, 11) is 0. The molecule has 0 aliphatic carbocycles. The first-order valence-corrected chi connectivity index (χ1v) is 4.24. The Labute approximate surface area is 77.4 Å². The number of aromatic nitrogens is 1. The lowest BCUT2D eigenvalue weighted by atomic mass is 10.1. The van der Waals surface area contributed by atoms with Gasteiger partial charge in [0.25, 0.3) is 0 Å². The summed E-state index contributed by atoms with van der Waals surface area (Å²) < 4.78 is 5.28. The van der Waals surface area contributed by atoms with E-state index in [1.165, 1.54) is 0 Å². The van der Waals surface area contributed by atoms with Crippen molar-refractivity contribution in [3.63, 3.8) is 0 Å². The highest BCUT2D eigenvalue weighted by Crippen LogP contribution is 2.22. The quantitative estimate of drug-likeness (QED) is 0.710. The molecule has 0 aromatic carbocycles. The molecular formula is C9H14N2O2. The predicted octanol–water partition coefficient (Wildman–Crippen LogP) is 0.472. The van der Waals surface area contributed by atoms with Crippen molar-refractivity contribution < 1.29 is 9.84 Å². The zero-order valence-corrected chi connectivity index (χ0v) is 7.60. The van der Waals surface area contributed by atoms with Gasteiger partial charge in [0.05, 0.1) is 18.9 Å². The molecule has 4 nitrogen and oxygen atoms in total. The zero-order chi connectivity index (χ0) is 9.68. The van der Waals surface area contributed by atoms with Crippen LogP contribution in [0.4, 0.5) is 0 Å². The van der Waals surface area contributed by atoms with Crippen LogP contribution in [0.25, 0.3) is 0 Å². The van der Waals surface area contributed by atoms with Gasteiger partial charge >= 0.3 is 0 Å². The lowest BCUT2D eigenvalue weighted by molar-refractivity contribution is 0.180. The van der Waals surface area contributed by atoms with Crippen LogP contribution in [0.2, 0.25) is 0 Å². The Morgan fingerprint density at radius 1 is 1.69 bits per heavy atom. The molecule has 0 spiro atoms. The second kappa shape index (κ2) is 4.79. The molecule has 0 bridgehead atoms. The Morgan fingerprint density at radius 2 is 2.46 bits per heavy atom. The number of aliphatic hydroxyl groups excluding tert-OH is 1. The Hall–Kier alpha value is -1.13. The fourth-order valence-electron chi connectivity index (χ4n) is 1.07. The van der Waals surface area contributed by atoms with E-state index in [9.17, 15) is 5.11 Å². The van der Waals surface area contributed by atoms with Crippen molar-refractivity contribution in [1.82, 2.24) is 4.98 Å². The molecule has 1 aromatic heterocycles. The van der Waals surface area contributed by atoms with E-state index in [2.05, 4.69) is 4.98 Å². The van der Waals surface area contributed by atoms with Gasteiger partial charge in [-0.15, -0.1) is 0 Å². The average molecular weight is 182 g/mol. The van der Waals surface area contributed by atoms with E-state index in [0.29, 0.717) is 17.9 Å². The standard InChI is InChI=1S/C9H14N2O2/c1-2-13-9-6-11-4-3-7(9)8(12)5-10/h3-4,6,8,12H,2,5,10H2,1H3. The molecule has 0 aliphatic heterocycles. The first kappa shape index (κ1) is 9.95. The van der Waals surface area contributed by atoms with Gasteiger partial charge in [0.2, 0.25) is 0 Å². The molecule has 3 N–H and O–H groups in total. The minimum Gasteiger partial charge on any atom is -0.492 e. The minimum atomic E-state index is -0.676. The van der Waals surface area contributed by atoms with Gasteiger partial charge in [-0.25, -0.2) is 0 Å². The first-order valence-electron chi connectivity index (χ1n) is 4.24. The minimum absolute atomic E-state index is 0.185. The molecule has 0 saturated carbocycles. The molecule has 0 amide bonds. The van der Waals surface area contributed by atoms with Crippen molar-refractivity contribution in [2.24, 2.45) is 5.73 Å². The van der Waals surface area contributed by atoms with Crippen molar-refractivity contribution in [3.8, 4) is 5.75 Å². The van der Waals surface area contributed by atoms with Crippen LogP contribution in [0, 0.1) is 0 Å². The van der Waals surface area contributed by atoms with E-state index in [1.54, 1.807) is 18.5 Å². The highest BCUT2D eigenvalue weighted by atomic mass is 16.5. The fourth-order valence-corrected chi connectivity index (χ4v) is 1.07. The molecule has 1 heterocycles. The second-order valence-electron chi connectivity index (χ2n) is 2.60. The maximum absolute atomic E-state index is 9.50. The van der Waals surface area contributed by atoms with Crippen molar-refractivity contribution in [3.05, 3.63) is 24.0 Å². The Kier molecular flexibility index (Phi) is 3.67. The summed E-state index contributed by atoms with van der Waals surface area (Å²) in [6.45, 7) is 2.62. The zero-order valence-electron chi connectivity index (χ0n) is 7.60. The highest BCUT2D eigenvalue weighted by molar-refractivity contribution is 5.31. The molecule has 72 valence electrons. The summed E-state index contributed by atoms with van der Waals surface area (Å²) in [5, 5.41) is 9.50. The van der Waals surface area contributed by atoms with Crippen molar-refractivity contribution in [2.45, 2.75) is 13.0 Å². The molecule has 1 unspecified atom stereocenters. The summed E-state index contributed by atoms with van der Waals surface area (Å²) in [5.74, 6) is 0.600. The largest absolute Gasteiger partial charge is 0.492 e. The number of nitrogens with zero attached hydrogens (tertiary/aromatic N) is 1. The van der Waals surface area contributed by atoms with E-state index >= 15 is 0 Å². The summed E-state index contributed by atoms with van der Waals surface area (Å²) in [6, 6.07) is 1.71. The number of nitrogens with two attached hydrogens (primary N) is 1. The number of rotatable bonds is 4. The van der Waals surface area contributed by atoms with Crippen LogP contribution in [-0.2, 0) is 0 Å². The molecule has 13 heavy (non-hydrogen) atoms. The maximum atomic E-state index is 9.50. The van der Waals surface area contributed by atoms with Crippen LogP contribution in [-0.4, -0.2) is 23.2 Å². The molecule has 1 rings (SSSR count). The smallest absolute Gasteiger partial charge is 0.143 e. The normalized spacial score (nSPS) is 12.5. The highest BCUT2D eigenvalue weighted by Gasteiger charge is 2.10. The molecular weight excluding hydrogens is 168 g/mol. The molecule has 0 fully saturated rings. The van der Waals surface area contributed by atoms with Crippen molar-refractivity contribution in [1.29, 1.82) is 0 Å². The van der Waals surface area contributed by atoms with Crippen LogP contribution in [0.1, 0.15) is 18.6 Å². The predicted molar refractivity (Wildman–Crippen MR) is 49.4 cm³/mol. The number of hydrogen-bond donors (Lipinski definition) is 2. The average Bonchev–Trinajstić information content (AvgIpc) is 2.18. The maximum Gasteiger partial charge on any atom is 0.143 e. The van der Waals surface area contributed by atoms with Gasteiger partial charge in [0.15, 0.2) is 0 Å². The van der Waals surface area contributed by atoms with Crippen LogP contribution in [0.15, 0.2) is 18.5 Å². The number of ether oxygens (including phenoxy) is 1. The third kappa shape index (κ3) is 2.40. The van der Waals surface area contributed by atoms with E-state index in [-0.39, 0.29) is 6.54 Å². The molecule has 1 atom stereocenters. The number of hydrogen-bond acceptors (Lipinski definition) is 4. The Morgan fingerprint density at radius 3 is 3.08 bits per heavy atom. The van der Waals surface area contributed by atoms with E-state index in [0.717, 1.165) is 0 Å². The van der Waals surface area contributed by atoms with E-state index in [1.807, 2.05) is 6.92 Å². The summed E-state index contributed by atoms with van der Waals surface area (Å²) in [4.78, 5) is 3.90. The summed E-state index contributed by atoms with van der Waals surface area (Å²) in [5.41, 5.74) is 6.04. The third-order valence-corrected chi connectivity index (χ3v) is 1.70. The second-order valence-corrected chi connectivity index (χ2v) is 2.60. The van der Waals surface area contributed by atoms with Crippen molar-refractivity contribution >= 4 is 0 Å². The van der Waals surface area contributed by atoms with Crippen LogP contribution < -0.4 is 10.5 Å². The molecule has 1 aromatic rings. The molecule has 0 aliphatic rings. The van der Waals surface area contributed by atoms with Gasteiger partial charge in [-0.1, -0.05) is 0 Å². The Bertz CT molecular complexity index is 266. The van der Waals surface area contributed by atoms with Gasteiger partial charge in [0.1, 0.15) is 5.75 Å². The van der Waals surface area contributed by atoms with Crippen LogP contribution in [0.3, 0.4) is 0 Å². The first-order chi connectivity index (χ1) is 6.29. The van der Waals surface area contributed by atoms with Gasteiger partial charge in [0, 0.05) is 18.3 Å². The lowest BCUT2D eigenvalue weighted by Crippen LogP contribution is -2.13. The van der Waals surface area contributed by atoms with E-state index in [4.69, 9.17) is 10.5 Å². The summed E-state index contributed by atoms with van der Waals surface area (Å²) >= 11 is 0. The van der Waals surface area contributed by atoms with Gasteiger partial charge in [-0.05, 0) is 13.0 Å². The van der Waals surface area contributed by atoms with Crippen LogP contribution >= 0.6 is 0 Å². The van der Waals surface area contributed by atoms with Gasteiger partial charge in [-0.2, -0.15) is 0 Å². The van der Waals surface area contributed by atoms with Gasteiger partial charge < -0.3 is 15.6 Å². The SMILES string of the molecule is CCOc1cnccc1C(O)CN. The molecule has 0 saturated heterocycles. The van der Waals surface area contributed by atoms with E-state index < -0.39 is 6.10 Å². The number of aliphatic hydroxyl groups is 1. The molecule has 0 radical (unpaired) electrons. The summed E-state index contributed by atoms with van der Waals surface area (Å²) in [6.07, 6.45) is 2.51. The lowest BCUT2D eigenvalue weighted by Gasteiger charge is -2.12. The fraction of sp³-hybridized carbons (Fsp3) is 0.444. The van der Waals surface area contributed by atoms with Crippen LogP contribution in [0.5, 0.6) is 5.75 Å².